The van der Waals surface area contributed by atoms with E-state index in [1.807, 2.05) is 30.3 Å². The van der Waals surface area contributed by atoms with Crippen LogP contribution in [-0.4, -0.2) is 30.3 Å². The third-order valence-corrected chi connectivity index (χ3v) is 5.10. The van der Waals surface area contributed by atoms with Gasteiger partial charge in [0, 0.05) is 23.4 Å². The van der Waals surface area contributed by atoms with E-state index in [-0.39, 0.29) is 18.7 Å². The predicted molar refractivity (Wildman–Crippen MR) is 128 cm³/mol. The molecule has 174 valence electrons. The van der Waals surface area contributed by atoms with Gasteiger partial charge in [0.1, 0.15) is 5.75 Å². The summed E-state index contributed by atoms with van der Waals surface area (Å²) in [4.78, 5) is 17.0. The van der Waals surface area contributed by atoms with Crippen LogP contribution < -0.4 is 19.5 Å². The van der Waals surface area contributed by atoms with Crippen molar-refractivity contribution >= 4 is 23.2 Å². The molecular formula is C25H22ClN3O5. The molecule has 0 fully saturated rings. The van der Waals surface area contributed by atoms with Gasteiger partial charge in [0.25, 0.3) is 0 Å². The normalized spacial score (nSPS) is 10.6. The molecule has 0 aliphatic carbocycles. The number of hydrogen-bond acceptors (Lipinski definition) is 7. The van der Waals surface area contributed by atoms with Gasteiger partial charge in [0.2, 0.25) is 17.6 Å². The Morgan fingerprint density at radius 2 is 1.74 bits per heavy atom. The van der Waals surface area contributed by atoms with Crippen LogP contribution in [0.3, 0.4) is 0 Å². The second kappa shape index (κ2) is 10.7. The maximum atomic E-state index is 12.6. The average Bonchev–Trinajstić information content (AvgIpc) is 3.34. The van der Waals surface area contributed by atoms with Crippen LogP contribution in [0.2, 0.25) is 5.02 Å². The molecule has 0 bridgehead atoms. The standard InChI is InChI=1S/C25H22ClN3O5/c1-31-21-10-8-16(14-22(21)32-2)25-28-24(34-29-25)13-12-23(30)27-19-15-17(26)9-11-20(19)33-18-6-4-3-5-7-18/h3-11,14-15H,12-13H2,1-2H3,(H,27,30). The first-order valence-corrected chi connectivity index (χ1v) is 10.8. The number of para-hydroxylation sites is 1. The van der Waals surface area contributed by atoms with Crippen molar-refractivity contribution in [1.29, 1.82) is 0 Å². The molecule has 1 aromatic heterocycles. The Labute approximate surface area is 201 Å². The van der Waals surface area contributed by atoms with Gasteiger partial charge >= 0.3 is 0 Å². The molecule has 0 unspecified atom stereocenters. The monoisotopic (exact) mass is 479 g/mol. The Balaban J connectivity index is 1.40. The van der Waals surface area contributed by atoms with Crippen LogP contribution in [-0.2, 0) is 11.2 Å². The summed E-state index contributed by atoms with van der Waals surface area (Å²) in [6, 6.07) is 19.6. The second-order valence-corrected chi connectivity index (χ2v) is 7.62. The van der Waals surface area contributed by atoms with Crippen molar-refractivity contribution in [1.82, 2.24) is 10.1 Å². The third-order valence-electron chi connectivity index (χ3n) is 4.86. The molecule has 3 aromatic carbocycles. The minimum atomic E-state index is -0.244. The molecule has 8 nitrogen and oxygen atoms in total. The highest BCUT2D eigenvalue weighted by atomic mass is 35.5. The SMILES string of the molecule is COc1ccc(-c2noc(CCC(=O)Nc3cc(Cl)ccc3Oc3ccccc3)n2)cc1OC. The number of methoxy groups -OCH3 is 2. The summed E-state index contributed by atoms with van der Waals surface area (Å²) < 4.78 is 21.8. The summed E-state index contributed by atoms with van der Waals surface area (Å²) in [6.07, 6.45) is 0.395. The van der Waals surface area contributed by atoms with E-state index >= 15 is 0 Å². The Morgan fingerprint density at radius 3 is 2.50 bits per heavy atom. The minimum absolute atomic E-state index is 0.130. The molecule has 0 spiro atoms. The Hall–Kier alpha value is -4.04. The lowest BCUT2D eigenvalue weighted by Gasteiger charge is -2.12. The number of rotatable bonds is 9. The van der Waals surface area contributed by atoms with Crippen LogP contribution in [0.5, 0.6) is 23.0 Å². The molecule has 1 amide bonds. The van der Waals surface area contributed by atoms with Gasteiger partial charge in [0.05, 0.1) is 19.9 Å². The molecule has 0 atom stereocenters. The first kappa shape index (κ1) is 23.1. The number of carbonyl (C=O) groups is 1. The van der Waals surface area contributed by atoms with E-state index in [9.17, 15) is 4.79 Å². The van der Waals surface area contributed by atoms with Crippen molar-refractivity contribution in [3.05, 3.63) is 77.6 Å². The van der Waals surface area contributed by atoms with Crippen LogP contribution in [0.15, 0.2) is 71.3 Å². The van der Waals surface area contributed by atoms with Gasteiger partial charge in [-0.05, 0) is 48.5 Å². The van der Waals surface area contributed by atoms with E-state index in [1.165, 1.54) is 0 Å². The number of benzene rings is 3. The zero-order valence-corrected chi connectivity index (χ0v) is 19.3. The second-order valence-electron chi connectivity index (χ2n) is 7.19. The lowest BCUT2D eigenvalue weighted by molar-refractivity contribution is -0.116. The van der Waals surface area contributed by atoms with E-state index in [2.05, 4.69) is 15.5 Å². The van der Waals surface area contributed by atoms with Gasteiger partial charge in [-0.1, -0.05) is 35.0 Å². The van der Waals surface area contributed by atoms with Crippen molar-refractivity contribution in [2.24, 2.45) is 0 Å². The van der Waals surface area contributed by atoms with Crippen molar-refractivity contribution < 1.29 is 23.5 Å². The zero-order chi connectivity index (χ0) is 23.9. The Bertz CT molecular complexity index is 1280. The molecule has 34 heavy (non-hydrogen) atoms. The quantitative estimate of drug-likeness (QED) is 0.325. The Kier molecular flexibility index (Phi) is 7.29. The number of aromatic nitrogens is 2. The molecule has 0 saturated carbocycles. The number of anilines is 1. The van der Waals surface area contributed by atoms with E-state index in [0.717, 1.165) is 0 Å². The van der Waals surface area contributed by atoms with Crippen LogP contribution >= 0.6 is 11.6 Å². The number of nitrogens with one attached hydrogen (secondary N) is 1. The lowest BCUT2D eigenvalue weighted by atomic mass is 10.2. The topological polar surface area (TPSA) is 95.7 Å². The summed E-state index contributed by atoms with van der Waals surface area (Å²) in [7, 11) is 3.12. The minimum Gasteiger partial charge on any atom is -0.493 e. The average molecular weight is 480 g/mol. The Morgan fingerprint density at radius 1 is 0.971 bits per heavy atom. The fourth-order valence-electron chi connectivity index (χ4n) is 3.19. The molecule has 1 heterocycles. The van der Waals surface area contributed by atoms with Crippen molar-refractivity contribution in [3.63, 3.8) is 0 Å². The molecule has 4 rings (SSSR count). The van der Waals surface area contributed by atoms with Crippen LogP contribution in [0.4, 0.5) is 5.69 Å². The number of nitrogens with zero attached hydrogens (tertiary/aromatic N) is 2. The zero-order valence-electron chi connectivity index (χ0n) is 18.6. The fraction of sp³-hybridized carbons (Fsp3) is 0.160. The summed E-state index contributed by atoms with van der Waals surface area (Å²) in [5.41, 5.74) is 1.18. The van der Waals surface area contributed by atoms with Crippen LogP contribution in [0.25, 0.3) is 11.4 Å². The maximum absolute atomic E-state index is 12.6. The number of ether oxygens (including phenoxy) is 3. The van der Waals surface area contributed by atoms with Gasteiger partial charge in [-0.15, -0.1) is 0 Å². The molecule has 9 heteroatoms. The van der Waals surface area contributed by atoms with Crippen molar-refractivity contribution in [2.75, 3.05) is 19.5 Å². The first-order valence-electron chi connectivity index (χ1n) is 10.4. The molecule has 0 aliphatic rings. The fourth-order valence-corrected chi connectivity index (χ4v) is 3.36. The van der Waals surface area contributed by atoms with Crippen LogP contribution in [0, 0.1) is 0 Å². The number of carbonyl (C=O) groups excluding carboxylic acids is 1. The summed E-state index contributed by atoms with van der Waals surface area (Å²) >= 11 is 6.12. The highest BCUT2D eigenvalue weighted by molar-refractivity contribution is 6.31. The van der Waals surface area contributed by atoms with Crippen molar-refractivity contribution in [2.45, 2.75) is 12.8 Å². The molecule has 4 aromatic rings. The van der Waals surface area contributed by atoms with Crippen molar-refractivity contribution in [3.8, 4) is 34.4 Å². The highest BCUT2D eigenvalue weighted by Gasteiger charge is 2.15. The van der Waals surface area contributed by atoms with E-state index in [1.54, 1.807) is 50.6 Å². The number of aryl methyl sites for hydroxylation is 1. The van der Waals surface area contributed by atoms with Gasteiger partial charge in [-0.3, -0.25) is 4.79 Å². The van der Waals surface area contributed by atoms with Gasteiger partial charge < -0.3 is 24.1 Å². The summed E-state index contributed by atoms with van der Waals surface area (Å²) in [5.74, 6) is 2.78. The smallest absolute Gasteiger partial charge is 0.227 e. The number of hydrogen-bond donors (Lipinski definition) is 1. The van der Waals surface area contributed by atoms with E-state index < -0.39 is 0 Å². The molecule has 0 radical (unpaired) electrons. The van der Waals surface area contributed by atoms with Gasteiger partial charge in [-0.25, -0.2) is 0 Å². The van der Waals surface area contributed by atoms with Crippen LogP contribution in [0.1, 0.15) is 12.3 Å². The maximum Gasteiger partial charge on any atom is 0.227 e. The third kappa shape index (κ3) is 5.65. The molecular weight excluding hydrogens is 458 g/mol. The van der Waals surface area contributed by atoms with E-state index in [4.69, 9.17) is 30.3 Å². The molecule has 1 N–H and O–H groups in total. The number of amides is 1. The lowest BCUT2D eigenvalue weighted by Crippen LogP contribution is -2.13. The summed E-state index contributed by atoms with van der Waals surface area (Å²) in [5, 5.41) is 7.32. The molecule has 0 aliphatic heterocycles. The van der Waals surface area contributed by atoms with E-state index in [0.29, 0.717) is 51.0 Å². The summed E-state index contributed by atoms with van der Waals surface area (Å²) in [6.45, 7) is 0. The molecule has 0 saturated heterocycles. The van der Waals surface area contributed by atoms with Gasteiger partial charge in [-0.2, -0.15) is 4.98 Å². The highest BCUT2D eigenvalue weighted by Crippen LogP contribution is 2.33. The van der Waals surface area contributed by atoms with Gasteiger partial charge in [0.15, 0.2) is 17.2 Å². The largest absolute Gasteiger partial charge is 0.493 e. The number of halogens is 1. The first-order chi connectivity index (χ1) is 16.6. The predicted octanol–water partition coefficient (Wildman–Crippen LogP) is 5.77.